The van der Waals surface area contributed by atoms with Crippen LogP contribution in [0.1, 0.15) is 37.0 Å². The predicted molar refractivity (Wildman–Crippen MR) is 75.7 cm³/mol. The van der Waals surface area contributed by atoms with Crippen molar-refractivity contribution in [3.05, 3.63) is 29.3 Å². The fraction of sp³-hybridized carbons (Fsp3) is 0.625. The van der Waals surface area contributed by atoms with E-state index in [0.717, 1.165) is 25.3 Å². The maximum Gasteiger partial charge on any atom is 0.119 e. The highest BCUT2D eigenvalue weighted by atomic mass is 16.5. The Labute approximate surface area is 115 Å². The molecule has 0 spiro atoms. The predicted octanol–water partition coefficient (Wildman–Crippen LogP) is 2.79. The molecule has 1 fully saturated rings. The second-order valence-electron chi connectivity index (χ2n) is 5.50. The van der Waals surface area contributed by atoms with E-state index in [1.807, 2.05) is 0 Å². The number of aryl methyl sites for hydroxylation is 1. The van der Waals surface area contributed by atoms with Crippen LogP contribution < -0.4 is 4.74 Å². The summed E-state index contributed by atoms with van der Waals surface area (Å²) in [5.74, 6) is 0.940. The van der Waals surface area contributed by atoms with Gasteiger partial charge in [-0.25, -0.2) is 0 Å². The van der Waals surface area contributed by atoms with Crippen molar-refractivity contribution >= 4 is 0 Å². The molecule has 0 aromatic heterocycles. The number of hydrogen-bond acceptors (Lipinski definition) is 3. The van der Waals surface area contributed by atoms with E-state index >= 15 is 0 Å². The summed E-state index contributed by atoms with van der Waals surface area (Å²) < 4.78 is 11.5. The molecule has 3 nitrogen and oxygen atoms in total. The Hall–Kier alpha value is -1.06. The molecule has 0 saturated carbocycles. The average molecular weight is 261 g/mol. The molecule has 1 aliphatic heterocycles. The van der Waals surface area contributed by atoms with E-state index in [9.17, 15) is 0 Å². The zero-order chi connectivity index (χ0) is 13.2. The van der Waals surface area contributed by atoms with Crippen molar-refractivity contribution in [3.8, 4) is 5.75 Å². The van der Waals surface area contributed by atoms with Crippen molar-refractivity contribution in [2.45, 2.75) is 38.3 Å². The molecule has 19 heavy (non-hydrogen) atoms. The molecule has 104 valence electrons. The molecular weight excluding hydrogens is 238 g/mol. The highest BCUT2D eigenvalue weighted by molar-refractivity contribution is 5.40. The second kappa shape index (κ2) is 5.51. The van der Waals surface area contributed by atoms with Crippen LogP contribution in [0.3, 0.4) is 0 Å². The Morgan fingerprint density at radius 1 is 1.42 bits per heavy atom. The van der Waals surface area contributed by atoms with Crippen molar-refractivity contribution in [1.29, 1.82) is 0 Å². The summed E-state index contributed by atoms with van der Waals surface area (Å²) in [5.41, 5.74) is 2.77. The maximum absolute atomic E-state index is 6.09. The van der Waals surface area contributed by atoms with E-state index in [0.29, 0.717) is 6.04 Å². The second-order valence-corrected chi connectivity index (χ2v) is 5.50. The molecule has 2 atom stereocenters. The zero-order valence-corrected chi connectivity index (χ0v) is 11.9. The van der Waals surface area contributed by atoms with Crippen LogP contribution >= 0.6 is 0 Å². The van der Waals surface area contributed by atoms with Gasteiger partial charge in [0.15, 0.2) is 0 Å². The van der Waals surface area contributed by atoms with Gasteiger partial charge in [-0.3, -0.25) is 4.90 Å². The first-order chi connectivity index (χ1) is 9.33. The minimum atomic E-state index is 0.235. The van der Waals surface area contributed by atoms with Crippen LogP contribution in [0.2, 0.25) is 0 Å². The number of ether oxygens (including phenoxy) is 2. The van der Waals surface area contributed by atoms with Crippen molar-refractivity contribution in [1.82, 2.24) is 4.90 Å². The van der Waals surface area contributed by atoms with Crippen LogP contribution in [0.4, 0.5) is 0 Å². The fourth-order valence-corrected chi connectivity index (χ4v) is 3.46. The van der Waals surface area contributed by atoms with Gasteiger partial charge in [-0.05, 0) is 49.1 Å². The summed E-state index contributed by atoms with van der Waals surface area (Å²) in [6.07, 6.45) is 3.82. The molecule has 0 unspecified atom stereocenters. The Morgan fingerprint density at radius 2 is 2.32 bits per heavy atom. The van der Waals surface area contributed by atoms with Gasteiger partial charge in [0.05, 0.1) is 19.8 Å². The Kier molecular flexibility index (Phi) is 3.76. The van der Waals surface area contributed by atoms with Crippen molar-refractivity contribution in [2.75, 3.05) is 26.8 Å². The molecule has 0 radical (unpaired) electrons. The number of morpholine rings is 1. The van der Waals surface area contributed by atoms with E-state index in [4.69, 9.17) is 9.47 Å². The van der Waals surface area contributed by atoms with Gasteiger partial charge in [-0.1, -0.05) is 13.0 Å². The summed E-state index contributed by atoms with van der Waals surface area (Å²) >= 11 is 0. The van der Waals surface area contributed by atoms with E-state index < -0.39 is 0 Å². The van der Waals surface area contributed by atoms with Crippen LogP contribution in [0.5, 0.6) is 5.75 Å². The molecule has 1 aromatic carbocycles. The Morgan fingerprint density at radius 3 is 3.11 bits per heavy atom. The molecule has 3 rings (SSSR count). The molecule has 1 aliphatic carbocycles. The summed E-state index contributed by atoms with van der Waals surface area (Å²) in [7, 11) is 1.73. The highest BCUT2D eigenvalue weighted by Gasteiger charge is 2.36. The van der Waals surface area contributed by atoms with Crippen molar-refractivity contribution in [2.24, 2.45) is 0 Å². The maximum atomic E-state index is 6.09. The van der Waals surface area contributed by atoms with Crippen LogP contribution in [0, 0.1) is 0 Å². The number of rotatable bonds is 3. The highest BCUT2D eigenvalue weighted by Crippen LogP contribution is 2.39. The van der Waals surface area contributed by atoms with E-state index in [2.05, 4.69) is 30.0 Å². The molecule has 3 heteroatoms. The average Bonchev–Trinajstić information content (AvgIpc) is 2.47. The topological polar surface area (TPSA) is 21.7 Å². The molecule has 1 aromatic rings. The smallest absolute Gasteiger partial charge is 0.119 e. The normalized spacial score (nSPS) is 26.6. The van der Waals surface area contributed by atoms with Gasteiger partial charge >= 0.3 is 0 Å². The lowest BCUT2D eigenvalue weighted by atomic mass is 9.84. The number of methoxy groups -OCH3 is 1. The summed E-state index contributed by atoms with van der Waals surface area (Å²) in [6, 6.07) is 6.98. The number of hydrogen-bond donors (Lipinski definition) is 0. The van der Waals surface area contributed by atoms with Crippen LogP contribution in [0.25, 0.3) is 0 Å². The van der Waals surface area contributed by atoms with Gasteiger partial charge in [0, 0.05) is 12.6 Å². The van der Waals surface area contributed by atoms with Crippen LogP contribution in [-0.2, 0) is 11.2 Å². The van der Waals surface area contributed by atoms with Gasteiger partial charge in [0.25, 0.3) is 0 Å². The lowest BCUT2D eigenvalue weighted by Crippen LogP contribution is -2.49. The number of nitrogens with zero attached hydrogens (tertiary/aromatic N) is 1. The molecule has 1 heterocycles. The van der Waals surface area contributed by atoms with E-state index in [-0.39, 0.29) is 6.10 Å². The minimum Gasteiger partial charge on any atom is -0.497 e. The quantitative estimate of drug-likeness (QED) is 0.835. The third kappa shape index (κ3) is 2.37. The van der Waals surface area contributed by atoms with E-state index in [1.165, 1.54) is 30.5 Å². The van der Waals surface area contributed by atoms with Gasteiger partial charge in [-0.15, -0.1) is 0 Å². The van der Waals surface area contributed by atoms with Gasteiger partial charge in [0.1, 0.15) is 5.75 Å². The van der Waals surface area contributed by atoms with Gasteiger partial charge < -0.3 is 9.47 Å². The Bertz CT molecular complexity index is 444. The summed E-state index contributed by atoms with van der Waals surface area (Å²) in [4.78, 5) is 2.61. The minimum absolute atomic E-state index is 0.235. The largest absolute Gasteiger partial charge is 0.497 e. The molecule has 0 amide bonds. The monoisotopic (exact) mass is 261 g/mol. The van der Waals surface area contributed by atoms with Crippen molar-refractivity contribution in [3.63, 3.8) is 0 Å². The lowest BCUT2D eigenvalue weighted by Gasteiger charge is -2.44. The molecule has 2 aliphatic rings. The summed E-state index contributed by atoms with van der Waals surface area (Å²) in [5, 5.41) is 0. The summed E-state index contributed by atoms with van der Waals surface area (Å²) in [6.45, 7) is 5.36. The van der Waals surface area contributed by atoms with Crippen LogP contribution in [-0.4, -0.2) is 37.7 Å². The van der Waals surface area contributed by atoms with Gasteiger partial charge in [0.2, 0.25) is 0 Å². The first-order valence-corrected chi connectivity index (χ1v) is 7.36. The third-order valence-electron chi connectivity index (χ3n) is 4.37. The lowest BCUT2D eigenvalue weighted by molar-refractivity contribution is -0.0801. The zero-order valence-electron chi connectivity index (χ0n) is 11.9. The van der Waals surface area contributed by atoms with Gasteiger partial charge in [-0.2, -0.15) is 0 Å². The molecular formula is C16H23NO2. The first-order valence-electron chi connectivity index (χ1n) is 7.36. The third-order valence-corrected chi connectivity index (χ3v) is 4.37. The van der Waals surface area contributed by atoms with Crippen LogP contribution in [0.15, 0.2) is 18.2 Å². The molecule has 1 saturated heterocycles. The number of benzene rings is 1. The van der Waals surface area contributed by atoms with E-state index in [1.54, 1.807) is 7.11 Å². The Balaban J connectivity index is 1.90. The molecule has 0 N–H and O–H groups in total. The molecule has 0 bridgehead atoms. The van der Waals surface area contributed by atoms with Crippen molar-refractivity contribution < 1.29 is 9.47 Å². The SMILES string of the molecule is CCCN1CCO[C@@H]2c3cc(OC)ccc3CC[C@H]21. The number of fused-ring (bicyclic) bond motifs is 3. The fourth-order valence-electron chi connectivity index (χ4n) is 3.46. The first kappa shape index (κ1) is 12.9. The standard InChI is InChI=1S/C16H23NO2/c1-3-8-17-9-10-19-16-14-11-13(18-2)6-4-12(14)5-7-15(16)17/h4,6,11,15-16H,3,5,7-10H2,1-2H3/t15-,16-/m1/s1.